The van der Waals surface area contributed by atoms with Crippen LogP contribution in [-0.4, -0.2) is 19.6 Å². The molecule has 7 rings (SSSR count). The van der Waals surface area contributed by atoms with Crippen molar-refractivity contribution < 1.29 is 36.7 Å². The van der Waals surface area contributed by atoms with Crippen LogP contribution in [0, 0.1) is 0 Å². The maximum absolute atomic E-state index is 9.75. The Labute approximate surface area is 312 Å². The van der Waals surface area contributed by atoms with E-state index in [4.69, 9.17) is 0 Å². The predicted octanol–water partition coefficient (Wildman–Crippen LogP) is 14.5. The monoisotopic (exact) mass is 804 g/mol. The molecule has 0 nitrogen and oxygen atoms in total. The molecule has 4 aromatic carbocycles. The molecular weight excluding hydrogens is 756 g/mol. The zero-order valence-corrected chi connectivity index (χ0v) is 32.0. The Bertz CT molecular complexity index is 1330. The van der Waals surface area contributed by atoms with Crippen molar-refractivity contribution in [2.45, 2.75) is 74.0 Å². The van der Waals surface area contributed by atoms with Crippen LogP contribution in [0.3, 0.4) is 0 Å². The van der Waals surface area contributed by atoms with Gasteiger partial charge in [0, 0.05) is 42.1 Å². The summed E-state index contributed by atoms with van der Waals surface area (Å²) in [4.78, 5) is 0. The fourth-order valence-electron chi connectivity index (χ4n) is 7.57. The minimum absolute atomic E-state index is 0. The molecule has 3 aliphatic rings. The first kappa shape index (κ1) is 40.4. The Morgan fingerprint density at radius 3 is 0.800 bits per heavy atom. The molecule has 8 heteroatoms. The Hall–Kier alpha value is -2.37. The van der Waals surface area contributed by atoms with Gasteiger partial charge in [0.2, 0.25) is 0 Å². The molecule has 0 N–H and O–H groups in total. The molecule has 2 fully saturated rings. The predicted molar refractivity (Wildman–Crippen MR) is 206 cm³/mol. The van der Waals surface area contributed by atoms with Crippen molar-refractivity contribution in [3.05, 3.63) is 168 Å². The summed E-state index contributed by atoms with van der Waals surface area (Å²) < 4.78 is 39.0. The number of halogens is 4. The van der Waals surface area contributed by atoms with Gasteiger partial charge in [-0.3, -0.25) is 0 Å². The van der Waals surface area contributed by atoms with Crippen LogP contribution in [0.1, 0.15) is 96.3 Å². The largest absolute Gasteiger partial charge is 0.673 e. The zero-order chi connectivity index (χ0) is 34.3. The topological polar surface area (TPSA) is 0 Å². The fourth-order valence-corrected chi connectivity index (χ4v) is 15.7. The molecule has 0 spiro atoms. The molecule has 0 bridgehead atoms. The van der Waals surface area contributed by atoms with E-state index in [1.807, 2.05) is 0 Å². The van der Waals surface area contributed by atoms with Crippen molar-refractivity contribution in [2.24, 2.45) is 0 Å². The van der Waals surface area contributed by atoms with E-state index in [9.17, 15) is 17.3 Å². The van der Waals surface area contributed by atoms with Gasteiger partial charge in [0.25, 0.3) is 0 Å². The minimum atomic E-state index is -6.00. The van der Waals surface area contributed by atoms with Crippen LogP contribution in [0.15, 0.2) is 146 Å². The molecule has 1 aliphatic carbocycles. The van der Waals surface area contributed by atoms with Gasteiger partial charge < -0.3 is 17.3 Å². The first-order valence-electron chi connectivity index (χ1n) is 17.8. The molecule has 2 saturated heterocycles. The van der Waals surface area contributed by atoms with E-state index < -0.39 is 7.25 Å². The van der Waals surface area contributed by atoms with Gasteiger partial charge in [-0.05, 0) is 85.9 Å². The van der Waals surface area contributed by atoms with Crippen molar-refractivity contribution in [3.63, 3.8) is 0 Å². The average Bonchev–Trinajstić information content (AvgIpc) is 3.73. The standard InChI is InChI=1S/C34H36P2.C8H12.BF4.Rh/c1-5-13-27(14-6-1)31-21-22-32(28-15-7-2-8-16-28)35(31)25-26-36-33(29-17-9-3-10-18-29)23-24-34(36)30-19-11-4-12-20-30;1-2-4-6-8-7-5-3-1;2-1(3,4)5;/h1-20,31-34H,21-26H2;1-2,7-8H,3-6H2;;/q;;-1;. The third-order valence-electron chi connectivity index (χ3n) is 9.72. The normalized spacial score (nSPS) is 24.4. The molecule has 0 saturated carbocycles. The number of hydrogen-bond acceptors (Lipinski definition) is 0. The first-order chi connectivity index (χ1) is 23.9. The summed E-state index contributed by atoms with van der Waals surface area (Å²) in [6, 6.07) is 45.8. The maximum atomic E-state index is 9.75. The third-order valence-corrected chi connectivity index (χ3v) is 17.0. The Morgan fingerprint density at radius 2 is 0.600 bits per heavy atom. The Morgan fingerprint density at radius 1 is 0.400 bits per heavy atom. The second kappa shape index (κ2) is 21.2. The van der Waals surface area contributed by atoms with Gasteiger partial charge in [-0.25, -0.2) is 0 Å². The summed E-state index contributed by atoms with van der Waals surface area (Å²) in [6.07, 6.45) is 22.2. The molecule has 0 amide bonds. The number of rotatable bonds is 7. The van der Waals surface area contributed by atoms with Crippen molar-refractivity contribution in [1.82, 2.24) is 0 Å². The second-order valence-electron chi connectivity index (χ2n) is 12.9. The molecular formula is C42H48BF4P2Rh-. The molecule has 4 atom stereocenters. The van der Waals surface area contributed by atoms with Crippen LogP contribution in [0.2, 0.25) is 0 Å². The van der Waals surface area contributed by atoms with Crippen LogP contribution in [0.5, 0.6) is 0 Å². The van der Waals surface area contributed by atoms with Crippen LogP contribution in [-0.2, 0) is 19.5 Å². The summed E-state index contributed by atoms with van der Waals surface area (Å²) in [5.74, 6) is 0. The van der Waals surface area contributed by atoms with E-state index in [0.717, 1.165) is 22.6 Å². The van der Waals surface area contributed by atoms with Crippen LogP contribution >= 0.6 is 15.8 Å². The Kier molecular flexibility index (Phi) is 17.2. The first-order valence-corrected chi connectivity index (χ1v) is 21.1. The average molecular weight is 805 g/mol. The SMILES string of the molecule is C1=CCCC=CCC1.F[B-](F)(F)F.[Rh].c1ccc(C2CCC(c3ccccc3)P2CCP2C(c3ccccc3)CCC2c2ccccc2)cc1. The summed E-state index contributed by atoms with van der Waals surface area (Å²) in [7, 11) is -6.20. The van der Waals surface area contributed by atoms with Crippen LogP contribution < -0.4 is 0 Å². The molecule has 4 unspecified atom stereocenters. The summed E-state index contributed by atoms with van der Waals surface area (Å²) >= 11 is 0. The van der Waals surface area contributed by atoms with E-state index >= 15 is 0 Å². The van der Waals surface area contributed by atoms with Crippen LogP contribution in [0.25, 0.3) is 0 Å². The van der Waals surface area contributed by atoms with Gasteiger partial charge in [-0.2, -0.15) is 0 Å². The van der Waals surface area contributed by atoms with E-state index in [2.05, 4.69) is 146 Å². The maximum Gasteiger partial charge on any atom is 0.673 e. The molecule has 2 heterocycles. The smallest absolute Gasteiger partial charge is 0.418 e. The summed E-state index contributed by atoms with van der Waals surface area (Å²) in [5.41, 5.74) is 9.31. The second-order valence-corrected chi connectivity index (χ2v) is 18.4. The number of allylic oxidation sites excluding steroid dienone is 4. The van der Waals surface area contributed by atoms with Gasteiger partial charge >= 0.3 is 7.25 Å². The summed E-state index contributed by atoms with van der Waals surface area (Å²) in [5, 5.41) is 0. The van der Waals surface area contributed by atoms with Crippen molar-refractivity contribution in [1.29, 1.82) is 0 Å². The van der Waals surface area contributed by atoms with E-state index in [1.165, 1.54) is 63.7 Å². The van der Waals surface area contributed by atoms with E-state index in [1.54, 1.807) is 22.3 Å². The molecule has 2 aliphatic heterocycles. The molecule has 50 heavy (non-hydrogen) atoms. The van der Waals surface area contributed by atoms with E-state index in [-0.39, 0.29) is 35.3 Å². The van der Waals surface area contributed by atoms with Gasteiger partial charge in [-0.1, -0.05) is 161 Å². The molecule has 0 aromatic heterocycles. The molecule has 1 radical (unpaired) electrons. The van der Waals surface area contributed by atoms with Crippen molar-refractivity contribution in [2.75, 3.05) is 12.3 Å². The quantitative estimate of drug-likeness (QED) is 0.0756. The van der Waals surface area contributed by atoms with Crippen LogP contribution in [0.4, 0.5) is 17.3 Å². The number of benzene rings is 4. The zero-order valence-electron chi connectivity index (χ0n) is 28.6. The van der Waals surface area contributed by atoms with Crippen molar-refractivity contribution in [3.8, 4) is 0 Å². The third kappa shape index (κ3) is 12.7. The number of hydrogen-bond donors (Lipinski definition) is 0. The van der Waals surface area contributed by atoms with Gasteiger partial charge in [0.1, 0.15) is 0 Å². The molecule has 267 valence electrons. The van der Waals surface area contributed by atoms with Crippen molar-refractivity contribution >= 4 is 23.1 Å². The summed E-state index contributed by atoms with van der Waals surface area (Å²) in [6.45, 7) is 0. The molecule has 4 aromatic rings. The van der Waals surface area contributed by atoms with Gasteiger partial charge in [0.15, 0.2) is 0 Å². The van der Waals surface area contributed by atoms with Gasteiger partial charge in [0.05, 0.1) is 0 Å². The minimum Gasteiger partial charge on any atom is -0.418 e. The van der Waals surface area contributed by atoms with Gasteiger partial charge in [-0.15, -0.1) is 0 Å². The van der Waals surface area contributed by atoms with E-state index in [0.29, 0.717) is 0 Å². The Balaban J connectivity index is 0.000000340. The fraction of sp³-hybridized carbons (Fsp3) is 0.333.